The van der Waals surface area contributed by atoms with E-state index in [2.05, 4.69) is 4.99 Å². The molecule has 0 unspecified atom stereocenters. The fourth-order valence-electron chi connectivity index (χ4n) is 2.59. The van der Waals surface area contributed by atoms with E-state index >= 15 is 0 Å². The molecule has 0 fully saturated rings. The van der Waals surface area contributed by atoms with E-state index in [1.54, 1.807) is 31.9 Å². The maximum absolute atomic E-state index is 12.0. The highest BCUT2D eigenvalue weighted by atomic mass is 35.5. The van der Waals surface area contributed by atoms with E-state index in [1.807, 2.05) is 42.5 Å². The zero-order valence-corrected chi connectivity index (χ0v) is 16.8. The van der Waals surface area contributed by atoms with Crippen molar-refractivity contribution in [1.82, 2.24) is 0 Å². The zero-order valence-electron chi connectivity index (χ0n) is 16.1. The SMILES string of the molecule is CC(C)[C@H](N)C(=O)O.CN1C(=O)CN=C(c2ccccc2)c2cc(Cl)ccc21. The van der Waals surface area contributed by atoms with Crippen LogP contribution in [-0.4, -0.2) is 42.3 Å². The number of hydrogen-bond acceptors (Lipinski definition) is 4. The number of benzene rings is 2. The number of amides is 1. The van der Waals surface area contributed by atoms with Crippen LogP contribution in [-0.2, 0) is 9.59 Å². The van der Waals surface area contributed by atoms with Crippen molar-refractivity contribution in [2.75, 3.05) is 18.5 Å². The highest BCUT2D eigenvalue weighted by Crippen LogP contribution is 2.28. The number of rotatable bonds is 3. The van der Waals surface area contributed by atoms with Crippen LogP contribution in [0.5, 0.6) is 0 Å². The summed E-state index contributed by atoms with van der Waals surface area (Å²) < 4.78 is 0. The van der Waals surface area contributed by atoms with Crippen LogP contribution in [0.4, 0.5) is 5.69 Å². The first-order valence-corrected chi connectivity index (χ1v) is 9.25. The minimum absolute atomic E-state index is 0.0208. The van der Waals surface area contributed by atoms with Crippen LogP contribution >= 0.6 is 11.6 Å². The van der Waals surface area contributed by atoms with Gasteiger partial charge >= 0.3 is 5.97 Å². The monoisotopic (exact) mass is 401 g/mol. The van der Waals surface area contributed by atoms with Crippen LogP contribution < -0.4 is 10.6 Å². The number of hydrogen-bond donors (Lipinski definition) is 2. The number of carbonyl (C=O) groups is 2. The molecular weight excluding hydrogens is 378 g/mol. The number of anilines is 1. The van der Waals surface area contributed by atoms with Crippen molar-refractivity contribution in [2.24, 2.45) is 16.6 Å². The Kier molecular flexibility index (Phi) is 7.31. The Morgan fingerprint density at radius 2 is 1.86 bits per heavy atom. The standard InChI is InChI=1S/C16H13ClN2O.C5H11NO2/c1-19-14-8-7-12(17)9-13(14)16(18-10-15(19)20)11-5-3-2-4-6-11;1-3(2)4(6)5(7)8/h2-9H,10H2,1H3;3-4H,6H2,1-2H3,(H,7,8)/t;4-/m.0/s1. The summed E-state index contributed by atoms with van der Waals surface area (Å²) in [6.45, 7) is 3.70. The molecule has 1 amide bonds. The van der Waals surface area contributed by atoms with Gasteiger partial charge in [-0.15, -0.1) is 0 Å². The third-order valence-corrected chi connectivity index (χ3v) is 4.61. The van der Waals surface area contributed by atoms with Crippen molar-refractivity contribution in [3.8, 4) is 0 Å². The number of carboxylic acid groups (broad SMARTS) is 1. The molecule has 0 saturated carbocycles. The van der Waals surface area contributed by atoms with E-state index in [0.717, 1.165) is 22.5 Å². The lowest BCUT2D eigenvalue weighted by atomic mass is 10.0. The molecule has 1 atom stereocenters. The first-order valence-electron chi connectivity index (χ1n) is 8.87. The Morgan fingerprint density at radius 3 is 2.39 bits per heavy atom. The fraction of sp³-hybridized carbons (Fsp3) is 0.286. The summed E-state index contributed by atoms with van der Waals surface area (Å²) in [6, 6.07) is 14.6. The molecule has 1 heterocycles. The summed E-state index contributed by atoms with van der Waals surface area (Å²) in [5.41, 5.74) is 8.67. The molecule has 28 heavy (non-hydrogen) atoms. The van der Waals surface area contributed by atoms with E-state index in [0.29, 0.717) is 5.02 Å². The van der Waals surface area contributed by atoms with Crippen LogP contribution in [0.15, 0.2) is 53.5 Å². The maximum Gasteiger partial charge on any atom is 0.320 e. The van der Waals surface area contributed by atoms with Gasteiger partial charge in [-0.25, -0.2) is 0 Å². The number of likely N-dealkylation sites (N-methyl/N-ethyl adjacent to an activating group) is 1. The normalized spacial score (nSPS) is 14.4. The molecule has 6 nitrogen and oxygen atoms in total. The third-order valence-electron chi connectivity index (χ3n) is 4.37. The second kappa shape index (κ2) is 9.48. The number of nitrogens with two attached hydrogens (primary N) is 1. The van der Waals surface area contributed by atoms with Crippen molar-refractivity contribution in [3.63, 3.8) is 0 Å². The van der Waals surface area contributed by atoms with Crippen LogP contribution in [0.25, 0.3) is 0 Å². The summed E-state index contributed by atoms with van der Waals surface area (Å²) in [4.78, 5) is 28.1. The van der Waals surface area contributed by atoms with Gasteiger partial charge in [-0.3, -0.25) is 14.6 Å². The number of benzodiazepines with no additional fused rings is 1. The molecule has 2 aromatic rings. The van der Waals surface area contributed by atoms with Crippen LogP contribution in [0.1, 0.15) is 25.0 Å². The predicted molar refractivity (Wildman–Crippen MR) is 112 cm³/mol. The summed E-state index contributed by atoms with van der Waals surface area (Å²) >= 11 is 6.11. The molecule has 0 aromatic heterocycles. The van der Waals surface area contributed by atoms with Gasteiger partial charge in [0.05, 0.1) is 11.4 Å². The Bertz CT molecular complexity index is 882. The Labute approximate surface area is 169 Å². The lowest BCUT2D eigenvalue weighted by Gasteiger charge is -2.18. The molecule has 1 aliphatic heterocycles. The minimum atomic E-state index is -0.931. The van der Waals surface area contributed by atoms with E-state index < -0.39 is 12.0 Å². The Morgan fingerprint density at radius 1 is 1.21 bits per heavy atom. The summed E-state index contributed by atoms with van der Waals surface area (Å²) in [7, 11) is 1.76. The summed E-state index contributed by atoms with van der Waals surface area (Å²) in [6.07, 6.45) is 0. The number of nitrogens with zero attached hydrogens (tertiary/aromatic N) is 2. The van der Waals surface area contributed by atoms with Crippen LogP contribution in [0, 0.1) is 5.92 Å². The van der Waals surface area contributed by atoms with Gasteiger partial charge in [0, 0.05) is 23.2 Å². The summed E-state index contributed by atoms with van der Waals surface area (Å²) in [5.74, 6) is -0.938. The topological polar surface area (TPSA) is 96.0 Å². The van der Waals surface area contributed by atoms with Gasteiger partial charge in [0.1, 0.15) is 12.6 Å². The lowest BCUT2D eigenvalue weighted by Crippen LogP contribution is -2.34. The van der Waals surface area contributed by atoms with Gasteiger partial charge < -0.3 is 15.7 Å². The first kappa shape index (κ1) is 21.6. The predicted octanol–water partition coefficient (Wildman–Crippen LogP) is 3.21. The molecule has 3 rings (SSSR count). The lowest BCUT2D eigenvalue weighted by molar-refractivity contribution is -0.139. The molecule has 0 aliphatic carbocycles. The number of aliphatic imine (C=N–C) groups is 1. The zero-order chi connectivity index (χ0) is 20.8. The average Bonchev–Trinajstić information content (AvgIpc) is 2.79. The van der Waals surface area contributed by atoms with Crippen LogP contribution in [0.3, 0.4) is 0 Å². The van der Waals surface area contributed by atoms with Crippen molar-refractivity contribution in [1.29, 1.82) is 0 Å². The average molecular weight is 402 g/mol. The van der Waals surface area contributed by atoms with Gasteiger partial charge in [-0.1, -0.05) is 55.8 Å². The molecule has 2 aromatic carbocycles. The van der Waals surface area contributed by atoms with E-state index in [-0.39, 0.29) is 18.4 Å². The maximum atomic E-state index is 12.0. The quantitative estimate of drug-likeness (QED) is 0.825. The molecule has 1 aliphatic rings. The van der Waals surface area contributed by atoms with Crippen molar-refractivity contribution >= 4 is 34.9 Å². The molecule has 0 saturated heterocycles. The molecule has 0 bridgehead atoms. The largest absolute Gasteiger partial charge is 0.480 e. The van der Waals surface area contributed by atoms with E-state index in [4.69, 9.17) is 22.4 Å². The third kappa shape index (κ3) is 5.18. The van der Waals surface area contributed by atoms with Crippen molar-refractivity contribution in [3.05, 3.63) is 64.7 Å². The Balaban J connectivity index is 0.000000300. The highest BCUT2D eigenvalue weighted by molar-refractivity contribution is 6.32. The fourth-order valence-corrected chi connectivity index (χ4v) is 2.76. The molecule has 3 N–H and O–H groups in total. The van der Waals surface area contributed by atoms with Gasteiger partial charge in [0.2, 0.25) is 5.91 Å². The number of fused-ring (bicyclic) bond motifs is 1. The Hall–Kier alpha value is -2.70. The molecule has 7 heteroatoms. The molecular formula is C21H24ClN3O3. The van der Waals surface area contributed by atoms with Crippen molar-refractivity contribution in [2.45, 2.75) is 19.9 Å². The highest BCUT2D eigenvalue weighted by Gasteiger charge is 2.22. The van der Waals surface area contributed by atoms with Gasteiger partial charge in [-0.05, 0) is 24.1 Å². The van der Waals surface area contributed by atoms with E-state index in [9.17, 15) is 9.59 Å². The number of carboxylic acids is 1. The second-order valence-corrected chi connectivity index (χ2v) is 7.19. The number of halogens is 1. The molecule has 0 spiro atoms. The molecule has 148 valence electrons. The number of carbonyl (C=O) groups excluding carboxylic acids is 1. The van der Waals surface area contributed by atoms with Gasteiger partial charge in [0.15, 0.2) is 0 Å². The first-order chi connectivity index (χ1) is 13.2. The van der Waals surface area contributed by atoms with Crippen molar-refractivity contribution < 1.29 is 14.7 Å². The smallest absolute Gasteiger partial charge is 0.320 e. The second-order valence-electron chi connectivity index (χ2n) is 6.75. The molecule has 0 radical (unpaired) electrons. The summed E-state index contributed by atoms with van der Waals surface area (Å²) in [5, 5.41) is 8.86. The van der Waals surface area contributed by atoms with E-state index in [1.165, 1.54) is 0 Å². The van der Waals surface area contributed by atoms with Crippen LogP contribution in [0.2, 0.25) is 5.02 Å². The van der Waals surface area contributed by atoms with Gasteiger partial charge in [0.25, 0.3) is 0 Å². The van der Waals surface area contributed by atoms with Gasteiger partial charge in [-0.2, -0.15) is 0 Å². The minimum Gasteiger partial charge on any atom is -0.480 e. The number of aliphatic carboxylic acids is 1.